The molecule has 0 aromatic rings. The first kappa shape index (κ1) is 10.5. The molecule has 0 spiro atoms. The lowest BCUT2D eigenvalue weighted by Crippen LogP contribution is -2.41. The van der Waals surface area contributed by atoms with Gasteiger partial charge in [-0.2, -0.15) is 0 Å². The van der Waals surface area contributed by atoms with Crippen molar-refractivity contribution in [3.05, 3.63) is 0 Å². The van der Waals surface area contributed by atoms with Crippen LogP contribution in [0.4, 0.5) is 0 Å². The van der Waals surface area contributed by atoms with Crippen molar-refractivity contribution < 1.29 is 4.79 Å². The molecule has 0 bridgehead atoms. The van der Waals surface area contributed by atoms with Crippen molar-refractivity contribution in [2.75, 3.05) is 13.1 Å². The maximum absolute atomic E-state index is 12.0. The van der Waals surface area contributed by atoms with Crippen LogP contribution in [-0.4, -0.2) is 28.7 Å². The van der Waals surface area contributed by atoms with E-state index in [1.807, 2.05) is 0 Å². The van der Waals surface area contributed by atoms with Gasteiger partial charge in [0.2, 0.25) is 5.91 Å². The second-order valence-corrected chi connectivity index (χ2v) is 5.78. The largest absolute Gasteiger partial charge is 0.342 e. The monoisotopic (exact) mass is 259 g/mol. The minimum Gasteiger partial charge on any atom is -0.342 e. The number of alkyl halides is 1. The van der Waals surface area contributed by atoms with E-state index < -0.39 is 0 Å². The molecule has 1 aliphatic heterocycles. The van der Waals surface area contributed by atoms with E-state index in [1.54, 1.807) is 0 Å². The fourth-order valence-corrected chi connectivity index (χ4v) is 2.91. The van der Waals surface area contributed by atoms with E-state index in [0.717, 1.165) is 38.8 Å². The highest BCUT2D eigenvalue weighted by molar-refractivity contribution is 9.09. The molecule has 2 rings (SSSR count). The molecular weight excluding hydrogens is 242 g/mol. The molecule has 0 unspecified atom stereocenters. The van der Waals surface area contributed by atoms with E-state index in [4.69, 9.17) is 0 Å². The number of piperidine rings is 1. The SMILES string of the molecule is O=C(C1CCCC1)N1CCC(Br)CC1. The van der Waals surface area contributed by atoms with E-state index in [9.17, 15) is 4.79 Å². The van der Waals surface area contributed by atoms with Crippen molar-refractivity contribution in [3.63, 3.8) is 0 Å². The lowest BCUT2D eigenvalue weighted by molar-refractivity contribution is -0.136. The third-order valence-corrected chi connectivity index (χ3v) is 4.36. The average molecular weight is 260 g/mol. The zero-order valence-corrected chi connectivity index (χ0v) is 10.1. The molecule has 2 nitrogen and oxygen atoms in total. The van der Waals surface area contributed by atoms with Gasteiger partial charge >= 0.3 is 0 Å². The molecule has 1 amide bonds. The summed E-state index contributed by atoms with van der Waals surface area (Å²) in [5.41, 5.74) is 0. The molecule has 0 N–H and O–H groups in total. The summed E-state index contributed by atoms with van der Waals surface area (Å²) in [5, 5.41) is 0. The summed E-state index contributed by atoms with van der Waals surface area (Å²) >= 11 is 3.61. The number of hydrogen-bond donors (Lipinski definition) is 0. The van der Waals surface area contributed by atoms with Gasteiger partial charge in [0, 0.05) is 23.8 Å². The number of nitrogens with zero attached hydrogens (tertiary/aromatic N) is 1. The van der Waals surface area contributed by atoms with Gasteiger partial charge in [-0.3, -0.25) is 4.79 Å². The molecule has 14 heavy (non-hydrogen) atoms. The molecule has 0 aromatic heterocycles. The number of rotatable bonds is 1. The molecule has 0 radical (unpaired) electrons. The van der Waals surface area contributed by atoms with Crippen LogP contribution in [0.2, 0.25) is 0 Å². The van der Waals surface area contributed by atoms with Crippen molar-refractivity contribution in [1.29, 1.82) is 0 Å². The van der Waals surface area contributed by atoms with Gasteiger partial charge < -0.3 is 4.90 Å². The topological polar surface area (TPSA) is 20.3 Å². The fourth-order valence-electron chi connectivity index (χ4n) is 2.50. The third kappa shape index (κ3) is 2.30. The van der Waals surface area contributed by atoms with Gasteiger partial charge in [-0.1, -0.05) is 28.8 Å². The maximum atomic E-state index is 12.0. The van der Waals surface area contributed by atoms with Crippen LogP contribution in [0, 0.1) is 5.92 Å². The van der Waals surface area contributed by atoms with Gasteiger partial charge in [0.1, 0.15) is 0 Å². The predicted molar refractivity (Wildman–Crippen MR) is 60.5 cm³/mol. The van der Waals surface area contributed by atoms with Crippen molar-refractivity contribution in [2.45, 2.75) is 43.4 Å². The Morgan fingerprint density at radius 2 is 1.64 bits per heavy atom. The highest BCUT2D eigenvalue weighted by Crippen LogP contribution is 2.28. The Morgan fingerprint density at radius 3 is 2.21 bits per heavy atom. The molecule has 1 saturated carbocycles. The standard InChI is InChI=1S/C11H18BrNO/c12-10-5-7-13(8-6-10)11(14)9-3-1-2-4-9/h9-10H,1-8H2. The number of hydrogen-bond acceptors (Lipinski definition) is 1. The Hall–Kier alpha value is -0.0500. The predicted octanol–water partition coefficient (Wildman–Crippen LogP) is 2.56. The molecule has 0 atom stereocenters. The van der Waals surface area contributed by atoms with Gasteiger partial charge in [0.25, 0.3) is 0 Å². The fraction of sp³-hybridized carbons (Fsp3) is 0.909. The highest BCUT2D eigenvalue weighted by atomic mass is 79.9. The van der Waals surface area contributed by atoms with Gasteiger partial charge in [-0.05, 0) is 25.7 Å². The molecule has 2 fully saturated rings. The second kappa shape index (κ2) is 4.65. The van der Waals surface area contributed by atoms with Crippen LogP contribution < -0.4 is 0 Å². The summed E-state index contributed by atoms with van der Waals surface area (Å²) in [6, 6.07) is 0. The molecule has 80 valence electrons. The quantitative estimate of drug-likeness (QED) is 0.663. The Bertz CT molecular complexity index is 205. The zero-order chi connectivity index (χ0) is 9.97. The lowest BCUT2D eigenvalue weighted by Gasteiger charge is -2.31. The summed E-state index contributed by atoms with van der Waals surface area (Å²) in [7, 11) is 0. The molecular formula is C11H18BrNO. The maximum Gasteiger partial charge on any atom is 0.225 e. The Balaban J connectivity index is 1.85. The van der Waals surface area contributed by atoms with Crippen LogP contribution >= 0.6 is 15.9 Å². The van der Waals surface area contributed by atoms with E-state index in [0.29, 0.717) is 16.7 Å². The Labute approximate surface area is 94.2 Å². The van der Waals surface area contributed by atoms with E-state index >= 15 is 0 Å². The molecule has 1 heterocycles. The normalized spacial score (nSPS) is 25.6. The van der Waals surface area contributed by atoms with Crippen LogP contribution in [0.1, 0.15) is 38.5 Å². The minimum absolute atomic E-state index is 0.363. The van der Waals surface area contributed by atoms with E-state index in [-0.39, 0.29) is 0 Å². The lowest BCUT2D eigenvalue weighted by atomic mass is 10.0. The highest BCUT2D eigenvalue weighted by Gasteiger charge is 2.29. The van der Waals surface area contributed by atoms with Crippen LogP contribution in [-0.2, 0) is 4.79 Å². The Kier molecular flexibility index (Phi) is 3.47. The smallest absolute Gasteiger partial charge is 0.225 e. The number of halogens is 1. The van der Waals surface area contributed by atoms with Gasteiger partial charge in [-0.15, -0.1) is 0 Å². The van der Waals surface area contributed by atoms with Crippen molar-refractivity contribution in [2.24, 2.45) is 5.92 Å². The van der Waals surface area contributed by atoms with Crippen molar-refractivity contribution in [1.82, 2.24) is 4.90 Å². The van der Waals surface area contributed by atoms with Gasteiger partial charge in [0.05, 0.1) is 0 Å². The number of likely N-dealkylation sites (tertiary alicyclic amines) is 1. The summed E-state index contributed by atoms with van der Waals surface area (Å²) in [6.07, 6.45) is 7.02. The van der Waals surface area contributed by atoms with E-state index in [2.05, 4.69) is 20.8 Å². The summed E-state index contributed by atoms with van der Waals surface area (Å²) < 4.78 is 0. The van der Waals surface area contributed by atoms with Crippen molar-refractivity contribution >= 4 is 21.8 Å². The summed E-state index contributed by atoms with van der Waals surface area (Å²) in [6.45, 7) is 1.93. The van der Waals surface area contributed by atoms with Gasteiger partial charge in [-0.25, -0.2) is 0 Å². The molecule has 3 heteroatoms. The molecule has 0 aromatic carbocycles. The number of carbonyl (C=O) groups excluding carboxylic acids is 1. The second-order valence-electron chi connectivity index (χ2n) is 4.48. The summed E-state index contributed by atoms with van der Waals surface area (Å²) in [4.78, 5) is 14.7. The minimum atomic E-state index is 0.363. The van der Waals surface area contributed by atoms with Gasteiger partial charge in [0.15, 0.2) is 0 Å². The van der Waals surface area contributed by atoms with Crippen molar-refractivity contribution in [3.8, 4) is 0 Å². The zero-order valence-electron chi connectivity index (χ0n) is 8.54. The molecule has 2 aliphatic rings. The Morgan fingerprint density at radius 1 is 1.07 bits per heavy atom. The third-order valence-electron chi connectivity index (χ3n) is 3.44. The first-order valence-corrected chi connectivity index (χ1v) is 6.62. The van der Waals surface area contributed by atoms with E-state index in [1.165, 1.54) is 12.8 Å². The average Bonchev–Trinajstić information content (AvgIpc) is 2.71. The first-order chi connectivity index (χ1) is 6.77. The van der Waals surface area contributed by atoms with Crippen LogP contribution in [0.25, 0.3) is 0 Å². The van der Waals surface area contributed by atoms with Crippen LogP contribution in [0.3, 0.4) is 0 Å². The molecule has 1 aliphatic carbocycles. The summed E-state index contributed by atoms with van der Waals surface area (Å²) in [5.74, 6) is 0.795. The molecule has 1 saturated heterocycles. The van der Waals surface area contributed by atoms with Crippen LogP contribution in [0.15, 0.2) is 0 Å². The number of amides is 1. The first-order valence-electron chi connectivity index (χ1n) is 5.70. The number of carbonyl (C=O) groups is 1. The van der Waals surface area contributed by atoms with Crippen LogP contribution in [0.5, 0.6) is 0 Å².